The van der Waals surface area contributed by atoms with Crippen molar-refractivity contribution in [3.05, 3.63) is 141 Å². The van der Waals surface area contributed by atoms with Gasteiger partial charge in [0.05, 0.1) is 0 Å². The maximum atomic E-state index is 4.02. The average molecular weight is 825 g/mol. The summed E-state index contributed by atoms with van der Waals surface area (Å²) >= 11 is 0. The van der Waals surface area contributed by atoms with E-state index in [2.05, 4.69) is 199 Å². The summed E-state index contributed by atoms with van der Waals surface area (Å²) in [7, 11) is 0. The van der Waals surface area contributed by atoms with Crippen molar-refractivity contribution in [3.63, 3.8) is 0 Å². The molecule has 0 heterocycles. The molecule has 0 spiro atoms. The van der Waals surface area contributed by atoms with Crippen LogP contribution in [-0.4, -0.2) is 0 Å². The van der Waals surface area contributed by atoms with Crippen LogP contribution in [0.5, 0.6) is 0 Å². The van der Waals surface area contributed by atoms with Gasteiger partial charge in [0.1, 0.15) is 0 Å². The highest BCUT2D eigenvalue weighted by Crippen LogP contribution is 2.14. The minimum absolute atomic E-state index is 0.645. The first-order valence-electron chi connectivity index (χ1n) is 24.0. The maximum Gasteiger partial charge on any atom is -0.0164 e. The summed E-state index contributed by atoms with van der Waals surface area (Å²) in [6.07, 6.45) is 45.3. The molecule has 0 rings (SSSR count). The monoisotopic (exact) mass is 825 g/mol. The zero-order valence-corrected chi connectivity index (χ0v) is 43.9. The van der Waals surface area contributed by atoms with E-state index in [1.54, 1.807) is 0 Å². The molecule has 0 saturated carbocycles. The fraction of sp³-hybridized carbons (Fsp3) is 0.600. The standard InChI is InChI=1S/4C15H26/c4*1-6-14(4)10-8-12-15(5)11-7-9-13(2)3/h9-10,12H,6-8,11H2,1-5H3;6,9,12H,7-8,10-11H2,1-5H3;9,12H,4,6-8,10-11H2,1-3,5H3;6,9,12,14H,1,7-8,10-11H2,2-5H3/b14-10?,15-12+;14-6?,15-12+;2*15-12+. The summed E-state index contributed by atoms with van der Waals surface area (Å²) in [5.41, 5.74) is 16.1. The molecule has 0 aliphatic rings. The van der Waals surface area contributed by atoms with Crippen LogP contribution in [0.15, 0.2) is 141 Å². The van der Waals surface area contributed by atoms with Gasteiger partial charge in [0.25, 0.3) is 0 Å². The molecule has 1 atom stereocenters. The SMILES string of the molecule is C=C(CC)CC/C=C(\C)CCC=C(C)C.C=CC(C)CC/C=C(\C)CCC=C(C)C.CC=C(C)CC/C=C(\C)CCC=C(C)C.CCC(C)=CC/C=C(\C)CCC=C(C)C. The van der Waals surface area contributed by atoms with Gasteiger partial charge in [-0.3, -0.25) is 0 Å². The number of allylic oxidation sites excluding steroid dienone is 22. The van der Waals surface area contributed by atoms with Crippen molar-refractivity contribution >= 4 is 0 Å². The lowest BCUT2D eigenvalue weighted by molar-refractivity contribution is 0.656. The first kappa shape index (κ1) is 63.5. The fourth-order valence-electron chi connectivity index (χ4n) is 5.47. The third kappa shape index (κ3) is 57.0. The van der Waals surface area contributed by atoms with Crippen molar-refractivity contribution in [2.24, 2.45) is 5.92 Å². The minimum atomic E-state index is 0.645. The van der Waals surface area contributed by atoms with Gasteiger partial charge in [0, 0.05) is 0 Å². The Morgan fingerprint density at radius 3 is 1.05 bits per heavy atom. The summed E-state index contributed by atoms with van der Waals surface area (Å²) in [6, 6.07) is 0. The van der Waals surface area contributed by atoms with Crippen LogP contribution >= 0.6 is 0 Å². The van der Waals surface area contributed by atoms with Crippen LogP contribution in [0, 0.1) is 5.92 Å². The Labute approximate surface area is 379 Å². The Morgan fingerprint density at radius 1 is 0.400 bits per heavy atom. The third-order valence-electron chi connectivity index (χ3n) is 10.4. The van der Waals surface area contributed by atoms with Gasteiger partial charge in [-0.25, -0.2) is 0 Å². The molecule has 0 aromatic heterocycles. The predicted molar refractivity (Wildman–Crippen MR) is 284 cm³/mol. The molecule has 0 N–H and O–H groups in total. The van der Waals surface area contributed by atoms with Gasteiger partial charge in [0.15, 0.2) is 0 Å². The van der Waals surface area contributed by atoms with Gasteiger partial charge in [-0.05, 0) is 219 Å². The number of hydrogen-bond acceptors (Lipinski definition) is 0. The molecular weight excluding hydrogens is 721 g/mol. The van der Waals surface area contributed by atoms with E-state index in [0.717, 1.165) is 25.7 Å². The van der Waals surface area contributed by atoms with Gasteiger partial charge in [-0.2, -0.15) is 0 Å². The molecule has 0 heteroatoms. The molecule has 60 heavy (non-hydrogen) atoms. The number of hydrogen-bond donors (Lipinski definition) is 0. The van der Waals surface area contributed by atoms with Crippen LogP contribution in [-0.2, 0) is 0 Å². The lowest BCUT2D eigenvalue weighted by atomic mass is 10.0. The maximum absolute atomic E-state index is 4.02. The van der Waals surface area contributed by atoms with Gasteiger partial charge in [0.2, 0.25) is 0 Å². The van der Waals surface area contributed by atoms with Crippen LogP contribution in [0.4, 0.5) is 0 Å². The molecule has 1 unspecified atom stereocenters. The summed E-state index contributed by atoms with van der Waals surface area (Å²) in [4.78, 5) is 0. The van der Waals surface area contributed by atoms with Gasteiger partial charge >= 0.3 is 0 Å². The highest BCUT2D eigenvalue weighted by molar-refractivity contribution is 5.09. The highest BCUT2D eigenvalue weighted by Gasteiger charge is 1.95. The molecule has 0 nitrogen and oxygen atoms in total. The van der Waals surface area contributed by atoms with E-state index in [1.165, 1.54) is 145 Å². The Kier molecular flexibility index (Phi) is 48.1. The molecular formula is C60H104. The molecule has 0 radical (unpaired) electrons. The molecule has 0 aromatic rings. The largest absolute Gasteiger partial charge is 0.103 e. The topological polar surface area (TPSA) is 0 Å². The number of rotatable bonds is 26. The first-order chi connectivity index (χ1) is 28.2. The van der Waals surface area contributed by atoms with Crippen LogP contribution in [0.25, 0.3) is 0 Å². The summed E-state index contributed by atoms with van der Waals surface area (Å²) in [5, 5.41) is 0. The predicted octanol–water partition coefficient (Wildman–Crippen LogP) is 21.6. The Balaban J connectivity index is -0.000000348. The van der Waals surface area contributed by atoms with E-state index >= 15 is 0 Å². The minimum Gasteiger partial charge on any atom is -0.103 e. The molecule has 0 amide bonds. The van der Waals surface area contributed by atoms with Crippen LogP contribution in [0.2, 0.25) is 0 Å². The smallest absolute Gasteiger partial charge is 0.0164 e. The van der Waals surface area contributed by atoms with Crippen molar-refractivity contribution in [2.75, 3.05) is 0 Å². The van der Waals surface area contributed by atoms with Crippen LogP contribution in [0.1, 0.15) is 234 Å². The van der Waals surface area contributed by atoms with E-state index in [0.29, 0.717) is 5.92 Å². The summed E-state index contributed by atoms with van der Waals surface area (Å²) < 4.78 is 0. The lowest BCUT2D eigenvalue weighted by Crippen LogP contribution is -1.87. The second-order valence-electron chi connectivity index (χ2n) is 18.2. The lowest BCUT2D eigenvalue weighted by Gasteiger charge is -2.03. The van der Waals surface area contributed by atoms with E-state index in [9.17, 15) is 0 Å². The third-order valence-corrected chi connectivity index (χ3v) is 10.4. The average Bonchev–Trinajstić information content (AvgIpc) is 3.17. The van der Waals surface area contributed by atoms with Gasteiger partial charge in [-0.1, -0.05) is 155 Å². The molecule has 0 fully saturated rings. The van der Waals surface area contributed by atoms with Crippen molar-refractivity contribution in [2.45, 2.75) is 234 Å². The molecule has 0 bridgehead atoms. The Bertz CT molecular complexity index is 1390. The molecule has 0 saturated heterocycles. The quantitative estimate of drug-likeness (QED) is 0.0762. The molecule has 0 aliphatic carbocycles. The van der Waals surface area contributed by atoms with E-state index in [4.69, 9.17) is 0 Å². The van der Waals surface area contributed by atoms with Crippen molar-refractivity contribution in [1.29, 1.82) is 0 Å². The van der Waals surface area contributed by atoms with Crippen molar-refractivity contribution in [1.82, 2.24) is 0 Å². The highest BCUT2D eigenvalue weighted by atomic mass is 14.0. The zero-order chi connectivity index (χ0) is 46.7. The van der Waals surface area contributed by atoms with Crippen LogP contribution < -0.4 is 0 Å². The normalized spacial score (nSPS) is 12.6. The van der Waals surface area contributed by atoms with Crippen molar-refractivity contribution in [3.8, 4) is 0 Å². The van der Waals surface area contributed by atoms with Crippen molar-refractivity contribution < 1.29 is 0 Å². The summed E-state index contributed by atoms with van der Waals surface area (Å²) in [5.74, 6) is 0.645. The molecule has 0 aliphatic heterocycles. The van der Waals surface area contributed by atoms with Crippen LogP contribution in [0.3, 0.4) is 0 Å². The second kappa shape index (κ2) is 45.4. The van der Waals surface area contributed by atoms with Gasteiger partial charge < -0.3 is 0 Å². The Hall–Kier alpha value is -3.12. The fourth-order valence-corrected chi connectivity index (χ4v) is 5.47. The van der Waals surface area contributed by atoms with E-state index in [-0.39, 0.29) is 0 Å². The Morgan fingerprint density at radius 2 is 0.717 bits per heavy atom. The van der Waals surface area contributed by atoms with E-state index in [1.807, 2.05) is 6.08 Å². The second-order valence-corrected chi connectivity index (χ2v) is 18.2. The first-order valence-corrected chi connectivity index (χ1v) is 24.0. The zero-order valence-electron chi connectivity index (χ0n) is 43.9. The molecule has 0 aromatic carbocycles. The molecule has 344 valence electrons. The summed E-state index contributed by atoms with van der Waals surface area (Å²) in [6.45, 7) is 47.1. The van der Waals surface area contributed by atoms with Gasteiger partial charge in [-0.15, -0.1) is 6.58 Å². The van der Waals surface area contributed by atoms with E-state index < -0.39 is 0 Å².